The minimum atomic E-state index is -1.45. The van der Waals surface area contributed by atoms with Crippen LogP contribution in [-0.4, -0.2) is 34.0 Å². The molecule has 1 aromatic carbocycles. The van der Waals surface area contributed by atoms with Crippen LogP contribution in [-0.2, 0) is 6.52 Å². The number of aromatic nitrogens is 2. The van der Waals surface area contributed by atoms with E-state index in [9.17, 15) is 9.65 Å². The minimum Gasteiger partial charge on any atom is -0.366 e. The number of nitriles is 1. The number of likely N-dealkylation sites (tertiary alicyclic amines) is 1. The van der Waals surface area contributed by atoms with Gasteiger partial charge in [0.25, 0.3) is 0 Å². The van der Waals surface area contributed by atoms with Crippen LogP contribution in [0.4, 0.5) is 10.2 Å². The van der Waals surface area contributed by atoms with Crippen molar-refractivity contribution in [2.75, 3.05) is 18.4 Å². The summed E-state index contributed by atoms with van der Waals surface area (Å²) in [5, 5.41) is 10.2. The number of hydrogen-bond donors (Lipinski definition) is 1. The largest absolute Gasteiger partial charge is 0.366 e. The van der Waals surface area contributed by atoms with Gasteiger partial charge in [0.05, 0.1) is 22.6 Å². The molecule has 0 spiro atoms. The van der Waals surface area contributed by atoms with Gasteiger partial charge in [0.2, 0.25) is 0 Å². The van der Waals surface area contributed by atoms with E-state index in [1.165, 1.54) is 6.33 Å². The van der Waals surface area contributed by atoms with Crippen molar-refractivity contribution in [2.45, 2.75) is 45.1 Å². The summed E-state index contributed by atoms with van der Waals surface area (Å²) in [6.07, 6.45) is 1.41. The zero-order chi connectivity index (χ0) is 27.4. The molecule has 0 aliphatic carbocycles. The molecule has 1 fully saturated rings. The van der Waals surface area contributed by atoms with E-state index in [1.807, 2.05) is 0 Å². The van der Waals surface area contributed by atoms with E-state index in [0.29, 0.717) is 15.1 Å². The van der Waals surface area contributed by atoms with Crippen molar-refractivity contribution in [3.05, 3.63) is 52.3 Å². The summed E-state index contributed by atoms with van der Waals surface area (Å²) in [5.41, 5.74) is -0.602. The topological polar surface area (TPSA) is 64.8 Å². The molecular weight excluding hydrogens is 385 g/mol. The number of nitrogens with zero attached hydrogens (tertiary/aromatic N) is 4. The predicted octanol–water partition coefficient (Wildman–Crippen LogP) is 4.90. The summed E-state index contributed by atoms with van der Waals surface area (Å²) in [4.78, 5) is 10.4. The fourth-order valence-corrected chi connectivity index (χ4v) is 3.94. The second-order valence-electron chi connectivity index (χ2n) is 6.86. The molecule has 1 atom stereocenters. The van der Waals surface area contributed by atoms with E-state index >= 15 is 0 Å². The third-order valence-corrected chi connectivity index (χ3v) is 5.82. The zero-order valence-electron chi connectivity index (χ0n) is 24.0. The Balaban J connectivity index is 1.61. The van der Waals surface area contributed by atoms with Crippen LogP contribution < -0.4 is 5.31 Å². The molecule has 0 saturated carbocycles. The van der Waals surface area contributed by atoms with Crippen LogP contribution in [0.1, 0.15) is 58.2 Å². The van der Waals surface area contributed by atoms with E-state index in [4.69, 9.17) is 11.0 Å². The molecule has 1 N–H and O–H groups in total. The molecule has 4 rings (SSSR count). The molecule has 1 unspecified atom stereocenters. The molecule has 1 saturated heterocycles. The van der Waals surface area contributed by atoms with Crippen LogP contribution in [0.2, 0.25) is 1.41 Å². The first-order chi connectivity index (χ1) is 17.2. The van der Waals surface area contributed by atoms with Gasteiger partial charge >= 0.3 is 0 Å². The van der Waals surface area contributed by atoms with Gasteiger partial charge in [-0.3, -0.25) is 4.90 Å². The van der Waals surface area contributed by atoms with Crippen molar-refractivity contribution in [1.29, 1.82) is 5.26 Å². The van der Waals surface area contributed by atoms with Crippen LogP contribution >= 0.6 is 11.3 Å². The van der Waals surface area contributed by atoms with Crippen molar-refractivity contribution < 1.29 is 15.4 Å². The third kappa shape index (κ3) is 4.39. The van der Waals surface area contributed by atoms with E-state index in [0.717, 1.165) is 16.6 Å². The molecule has 0 bridgehead atoms. The molecule has 1 aliphatic rings. The fourth-order valence-electron chi connectivity index (χ4n) is 2.99. The van der Waals surface area contributed by atoms with Crippen molar-refractivity contribution in [3.8, 4) is 6.07 Å². The molecule has 3 aromatic rings. The zero-order valence-corrected chi connectivity index (χ0v) is 16.8. The Labute approximate surface area is 185 Å². The number of anilines is 1. The molecule has 3 heterocycles. The smallest absolute Gasteiger partial charge is 0.162 e. The first kappa shape index (κ1) is 12.2. The molecule has 150 valence electrons. The Morgan fingerprint density at radius 2 is 2.28 bits per heavy atom. The van der Waals surface area contributed by atoms with Crippen molar-refractivity contribution in [1.82, 2.24) is 14.9 Å². The summed E-state index contributed by atoms with van der Waals surface area (Å²) in [6.45, 7) is 2.26. The van der Waals surface area contributed by atoms with E-state index in [1.54, 1.807) is 24.8 Å². The average Bonchev–Trinajstić information content (AvgIpc) is 3.20. The number of nitrogens with one attached hydrogen (secondary N) is 1. The number of thiophene rings is 1. The van der Waals surface area contributed by atoms with Crippen LogP contribution in [0.3, 0.4) is 0 Å². The summed E-state index contributed by atoms with van der Waals surface area (Å²) in [5.74, 6) is -2.14. The maximum absolute atomic E-state index is 14.2. The Morgan fingerprint density at radius 3 is 3.00 bits per heavy atom. The Kier molecular flexibility index (Phi) is 3.55. The van der Waals surface area contributed by atoms with Gasteiger partial charge < -0.3 is 5.31 Å². The highest BCUT2D eigenvalue weighted by molar-refractivity contribution is 7.19. The summed E-state index contributed by atoms with van der Waals surface area (Å²) in [7, 11) is 0. The Hall–Kier alpha value is -2.56. The number of benzene rings is 1. The van der Waals surface area contributed by atoms with E-state index in [-0.39, 0.29) is 43.4 Å². The molecular formula is C22H24FN5S. The van der Waals surface area contributed by atoms with Crippen LogP contribution in [0.25, 0.3) is 10.2 Å². The maximum Gasteiger partial charge on any atom is 0.162 e. The van der Waals surface area contributed by atoms with Gasteiger partial charge in [-0.2, -0.15) is 5.26 Å². The van der Waals surface area contributed by atoms with Crippen LogP contribution in [0.15, 0.2) is 30.5 Å². The van der Waals surface area contributed by atoms with Crippen LogP contribution in [0, 0.1) is 17.1 Å². The van der Waals surface area contributed by atoms with Crippen LogP contribution in [0.5, 0.6) is 0 Å². The number of halogens is 1. The van der Waals surface area contributed by atoms with Gasteiger partial charge in [-0.1, -0.05) is 19.9 Å². The van der Waals surface area contributed by atoms with Gasteiger partial charge in [-0.15, -0.1) is 11.3 Å². The normalized spacial score (nSPS) is 22.1. The highest BCUT2D eigenvalue weighted by Crippen LogP contribution is 2.33. The number of hydrogen-bond acceptors (Lipinski definition) is 6. The highest BCUT2D eigenvalue weighted by atomic mass is 32.1. The summed E-state index contributed by atoms with van der Waals surface area (Å²) >= 11 is 1.16. The first-order valence-electron chi connectivity index (χ1n) is 13.1. The van der Waals surface area contributed by atoms with E-state index < -0.39 is 47.9 Å². The predicted molar refractivity (Wildman–Crippen MR) is 115 cm³/mol. The molecule has 1 aliphatic heterocycles. The second-order valence-corrected chi connectivity index (χ2v) is 7.88. The lowest BCUT2D eigenvalue weighted by molar-refractivity contribution is 0.211. The standard InChI is InChI=1S/C22H24FN5S/c1-14(2)20-10-19-21(29-20)22(26-13-25-19)27-17-5-7-28(8-6-17)12-15-3-4-18(23)16(9-15)11-24/h3-4,9-10,13-14,17H,5-8,12H2,1-2H3,(H,25,26,27)/i3D,4D,9D,10D,12D,14D,17D/hD. The van der Waals surface area contributed by atoms with E-state index in [2.05, 4.69) is 9.97 Å². The molecule has 2 aromatic heterocycles. The van der Waals surface area contributed by atoms with Gasteiger partial charge in [-0.05, 0) is 42.4 Å². The highest BCUT2D eigenvalue weighted by Gasteiger charge is 2.21. The number of piperidine rings is 1. The van der Waals surface area contributed by atoms with Crippen molar-refractivity contribution in [2.24, 2.45) is 0 Å². The summed E-state index contributed by atoms with van der Waals surface area (Å²) in [6, 6.07) is -1.85. The lowest BCUT2D eigenvalue weighted by Gasteiger charge is -2.32. The van der Waals surface area contributed by atoms with Gasteiger partial charge in [0, 0.05) is 33.2 Å². The molecule has 5 nitrogen and oxygen atoms in total. The van der Waals surface area contributed by atoms with Gasteiger partial charge in [0.1, 0.15) is 24.0 Å². The SMILES string of the molecule is [2H]c1c([2H])c(C([2H])N2CCC([2H])(N([2H])c3ncnc4c([2H])c(C([2H])(C)C)sc34)CC2)c([2H])c(C#N)c1F. The average molecular weight is 418 g/mol. The lowest BCUT2D eigenvalue weighted by Crippen LogP contribution is -2.38. The van der Waals surface area contributed by atoms with Gasteiger partial charge in [0.15, 0.2) is 1.41 Å². The van der Waals surface area contributed by atoms with Crippen molar-refractivity contribution in [3.63, 3.8) is 0 Å². The number of rotatable bonds is 5. The minimum absolute atomic E-state index is 0.0912. The third-order valence-electron chi connectivity index (χ3n) is 4.52. The monoisotopic (exact) mass is 417 g/mol. The molecule has 0 radical (unpaired) electrons. The Morgan fingerprint density at radius 1 is 1.48 bits per heavy atom. The summed E-state index contributed by atoms with van der Waals surface area (Å²) < 4.78 is 81.7. The molecule has 7 heteroatoms. The Bertz CT molecular complexity index is 1410. The maximum atomic E-state index is 14.2. The number of fused-ring (bicyclic) bond motifs is 1. The fraction of sp³-hybridized carbons (Fsp3) is 0.409. The van der Waals surface area contributed by atoms with Crippen molar-refractivity contribution >= 4 is 27.4 Å². The quantitative estimate of drug-likeness (QED) is 0.639. The lowest BCUT2D eigenvalue weighted by atomic mass is 10.0. The first-order valence-corrected chi connectivity index (χ1v) is 9.93. The molecule has 29 heavy (non-hydrogen) atoms. The van der Waals surface area contributed by atoms with Gasteiger partial charge in [-0.25, -0.2) is 14.4 Å². The second kappa shape index (κ2) is 8.44. The molecule has 0 amide bonds.